The third-order valence-electron chi connectivity index (χ3n) is 2.68. The number of aromatic nitrogens is 1. The Balaban J connectivity index is 1.79. The average molecular weight is 220 g/mol. The molecule has 0 atom stereocenters. The summed E-state index contributed by atoms with van der Waals surface area (Å²) in [5, 5.41) is 0. The number of ether oxygens (including phenoxy) is 1. The second-order valence-electron chi connectivity index (χ2n) is 3.92. The van der Waals surface area contributed by atoms with E-state index in [1.807, 2.05) is 18.2 Å². The first kappa shape index (κ1) is 10.9. The smallest absolute Gasteiger partial charge is 0.410 e. The Morgan fingerprint density at radius 1 is 1.31 bits per heavy atom. The van der Waals surface area contributed by atoms with Gasteiger partial charge in [-0.05, 0) is 31.4 Å². The molecule has 2 rings (SSSR count). The van der Waals surface area contributed by atoms with Gasteiger partial charge in [0.25, 0.3) is 0 Å². The lowest BCUT2D eigenvalue weighted by Crippen LogP contribution is -2.35. The van der Waals surface area contributed by atoms with Gasteiger partial charge in [0.15, 0.2) is 0 Å². The zero-order valence-electron chi connectivity index (χ0n) is 9.26. The number of piperidine rings is 1. The van der Waals surface area contributed by atoms with E-state index in [2.05, 4.69) is 4.98 Å². The van der Waals surface area contributed by atoms with Gasteiger partial charge in [-0.2, -0.15) is 0 Å². The number of rotatable bonds is 2. The summed E-state index contributed by atoms with van der Waals surface area (Å²) in [5.41, 5.74) is 0.785. The molecule has 1 aromatic heterocycles. The Morgan fingerprint density at radius 2 is 2.12 bits per heavy atom. The molecule has 0 aliphatic carbocycles. The van der Waals surface area contributed by atoms with E-state index in [1.54, 1.807) is 11.1 Å². The lowest BCUT2D eigenvalue weighted by molar-refractivity contribution is 0.0884. The van der Waals surface area contributed by atoms with Crippen LogP contribution in [0.5, 0.6) is 0 Å². The zero-order valence-corrected chi connectivity index (χ0v) is 9.26. The quantitative estimate of drug-likeness (QED) is 0.767. The molecule has 16 heavy (non-hydrogen) atoms. The second-order valence-corrected chi connectivity index (χ2v) is 3.92. The van der Waals surface area contributed by atoms with Gasteiger partial charge in [0, 0.05) is 19.3 Å². The molecular formula is C12H16N2O2. The molecule has 4 nitrogen and oxygen atoms in total. The highest BCUT2D eigenvalue weighted by Crippen LogP contribution is 2.10. The summed E-state index contributed by atoms with van der Waals surface area (Å²) in [7, 11) is 0. The fourth-order valence-electron chi connectivity index (χ4n) is 1.79. The van der Waals surface area contributed by atoms with Gasteiger partial charge in [-0.15, -0.1) is 0 Å². The number of likely N-dealkylation sites (tertiary alicyclic amines) is 1. The molecule has 1 aliphatic heterocycles. The third kappa shape index (κ3) is 2.95. The molecule has 1 fully saturated rings. The van der Waals surface area contributed by atoms with E-state index in [4.69, 9.17) is 4.74 Å². The second kappa shape index (κ2) is 5.49. The lowest BCUT2D eigenvalue weighted by Gasteiger charge is -2.25. The Hall–Kier alpha value is -1.58. The first-order chi connectivity index (χ1) is 7.86. The van der Waals surface area contributed by atoms with Gasteiger partial charge in [-0.25, -0.2) is 4.79 Å². The van der Waals surface area contributed by atoms with Crippen LogP contribution in [0.1, 0.15) is 25.0 Å². The fourth-order valence-corrected chi connectivity index (χ4v) is 1.79. The van der Waals surface area contributed by atoms with Crippen LogP contribution in [0, 0.1) is 0 Å². The predicted octanol–water partition coefficient (Wildman–Crippen LogP) is 2.20. The van der Waals surface area contributed by atoms with Crippen molar-refractivity contribution in [1.82, 2.24) is 9.88 Å². The number of amides is 1. The van der Waals surface area contributed by atoms with Crippen molar-refractivity contribution in [3.63, 3.8) is 0 Å². The van der Waals surface area contributed by atoms with Crippen LogP contribution >= 0.6 is 0 Å². The minimum absolute atomic E-state index is 0.217. The van der Waals surface area contributed by atoms with Crippen molar-refractivity contribution < 1.29 is 9.53 Å². The van der Waals surface area contributed by atoms with Crippen LogP contribution in [0.15, 0.2) is 24.4 Å². The molecule has 86 valence electrons. The predicted molar refractivity (Wildman–Crippen MR) is 59.8 cm³/mol. The number of carbonyl (C=O) groups is 1. The Morgan fingerprint density at radius 3 is 2.81 bits per heavy atom. The lowest BCUT2D eigenvalue weighted by atomic mass is 10.1. The molecule has 0 aromatic carbocycles. The topological polar surface area (TPSA) is 42.4 Å². The number of hydrogen-bond acceptors (Lipinski definition) is 3. The summed E-state index contributed by atoms with van der Waals surface area (Å²) in [6.07, 6.45) is 4.86. The highest BCUT2D eigenvalue weighted by molar-refractivity contribution is 5.67. The van der Waals surface area contributed by atoms with Crippen molar-refractivity contribution in [2.24, 2.45) is 0 Å². The molecule has 0 radical (unpaired) electrons. The molecule has 1 aliphatic rings. The number of pyridine rings is 1. The summed E-state index contributed by atoms with van der Waals surface area (Å²) >= 11 is 0. The van der Waals surface area contributed by atoms with Gasteiger partial charge < -0.3 is 9.64 Å². The van der Waals surface area contributed by atoms with E-state index < -0.39 is 0 Å². The van der Waals surface area contributed by atoms with Crippen molar-refractivity contribution >= 4 is 6.09 Å². The Labute approximate surface area is 95.2 Å². The first-order valence-electron chi connectivity index (χ1n) is 5.68. The standard InChI is InChI=1S/C12H16N2O2/c15-12(14-8-4-1-5-9-14)16-10-11-6-2-3-7-13-11/h2-3,6-7H,1,4-5,8-10H2. The molecule has 0 bridgehead atoms. The molecule has 0 saturated carbocycles. The van der Waals surface area contributed by atoms with E-state index in [0.29, 0.717) is 0 Å². The van der Waals surface area contributed by atoms with Crippen LogP contribution in [0.25, 0.3) is 0 Å². The summed E-state index contributed by atoms with van der Waals surface area (Å²) in [5.74, 6) is 0. The van der Waals surface area contributed by atoms with E-state index >= 15 is 0 Å². The zero-order chi connectivity index (χ0) is 11.2. The van der Waals surface area contributed by atoms with Gasteiger partial charge in [0.2, 0.25) is 0 Å². The molecule has 0 N–H and O–H groups in total. The van der Waals surface area contributed by atoms with Crippen molar-refractivity contribution in [3.8, 4) is 0 Å². The number of nitrogens with zero attached hydrogens (tertiary/aromatic N) is 2. The van der Waals surface area contributed by atoms with E-state index in [-0.39, 0.29) is 12.7 Å². The van der Waals surface area contributed by atoms with Crippen LogP contribution in [-0.4, -0.2) is 29.1 Å². The molecule has 0 unspecified atom stereocenters. The highest BCUT2D eigenvalue weighted by Gasteiger charge is 2.17. The fraction of sp³-hybridized carbons (Fsp3) is 0.500. The molecule has 2 heterocycles. The first-order valence-corrected chi connectivity index (χ1v) is 5.68. The monoisotopic (exact) mass is 220 g/mol. The van der Waals surface area contributed by atoms with Crippen LogP contribution in [0.3, 0.4) is 0 Å². The van der Waals surface area contributed by atoms with Gasteiger partial charge in [0.1, 0.15) is 6.61 Å². The number of carbonyl (C=O) groups excluding carboxylic acids is 1. The van der Waals surface area contributed by atoms with Crippen LogP contribution in [-0.2, 0) is 11.3 Å². The minimum Gasteiger partial charge on any atom is -0.443 e. The normalized spacial score (nSPS) is 15.9. The van der Waals surface area contributed by atoms with E-state index in [9.17, 15) is 4.79 Å². The van der Waals surface area contributed by atoms with Crippen molar-refractivity contribution in [3.05, 3.63) is 30.1 Å². The maximum absolute atomic E-state index is 11.6. The molecule has 0 spiro atoms. The molecule has 1 saturated heterocycles. The summed E-state index contributed by atoms with van der Waals surface area (Å²) in [6.45, 7) is 1.90. The summed E-state index contributed by atoms with van der Waals surface area (Å²) in [4.78, 5) is 17.5. The van der Waals surface area contributed by atoms with Crippen LogP contribution in [0.4, 0.5) is 4.79 Å². The molecule has 1 aromatic rings. The van der Waals surface area contributed by atoms with Gasteiger partial charge in [-0.3, -0.25) is 4.98 Å². The third-order valence-corrected chi connectivity index (χ3v) is 2.68. The van der Waals surface area contributed by atoms with E-state index in [0.717, 1.165) is 31.6 Å². The average Bonchev–Trinajstić information content (AvgIpc) is 2.38. The van der Waals surface area contributed by atoms with Crippen molar-refractivity contribution in [1.29, 1.82) is 0 Å². The SMILES string of the molecule is O=C(OCc1ccccn1)N1CCCCC1. The van der Waals surface area contributed by atoms with Gasteiger partial charge in [0.05, 0.1) is 5.69 Å². The largest absolute Gasteiger partial charge is 0.443 e. The maximum Gasteiger partial charge on any atom is 0.410 e. The summed E-state index contributed by atoms with van der Waals surface area (Å²) < 4.78 is 5.19. The van der Waals surface area contributed by atoms with Gasteiger partial charge >= 0.3 is 6.09 Å². The van der Waals surface area contributed by atoms with Gasteiger partial charge in [-0.1, -0.05) is 6.07 Å². The Bertz CT molecular complexity index is 334. The molecule has 4 heteroatoms. The Kier molecular flexibility index (Phi) is 3.75. The maximum atomic E-state index is 11.6. The van der Waals surface area contributed by atoms with Crippen LogP contribution < -0.4 is 0 Å². The summed E-state index contributed by atoms with van der Waals surface area (Å²) in [6, 6.07) is 5.58. The molecular weight excluding hydrogens is 204 g/mol. The van der Waals surface area contributed by atoms with Crippen molar-refractivity contribution in [2.75, 3.05) is 13.1 Å². The van der Waals surface area contributed by atoms with Crippen molar-refractivity contribution in [2.45, 2.75) is 25.9 Å². The minimum atomic E-state index is -0.217. The highest BCUT2D eigenvalue weighted by atomic mass is 16.6. The van der Waals surface area contributed by atoms with E-state index in [1.165, 1.54) is 6.42 Å². The molecule has 1 amide bonds. The number of hydrogen-bond donors (Lipinski definition) is 0. The van der Waals surface area contributed by atoms with Crippen LogP contribution in [0.2, 0.25) is 0 Å².